The summed E-state index contributed by atoms with van der Waals surface area (Å²) in [6.45, 7) is 1.48. The van der Waals surface area contributed by atoms with E-state index in [1.54, 1.807) is 16.8 Å². The zero-order valence-corrected chi connectivity index (χ0v) is 13.5. The minimum absolute atomic E-state index is 0.143. The predicted octanol–water partition coefficient (Wildman–Crippen LogP) is 2.57. The average Bonchev–Trinajstić information content (AvgIpc) is 3.31. The van der Waals surface area contributed by atoms with Crippen molar-refractivity contribution in [3.05, 3.63) is 64.0 Å². The lowest BCUT2D eigenvalue weighted by Gasteiger charge is -2.21. The third-order valence-electron chi connectivity index (χ3n) is 4.43. The van der Waals surface area contributed by atoms with Crippen molar-refractivity contribution in [2.45, 2.75) is 32.0 Å². The Labute approximate surface area is 138 Å². The second-order valence-corrected chi connectivity index (χ2v) is 6.51. The van der Waals surface area contributed by atoms with E-state index in [9.17, 15) is 9.18 Å². The fraction of sp³-hybridized carbons (Fsp3) is 0.333. The van der Waals surface area contributed by atoms with Gasteiger partial charge in [0.2, 0.25) is 0 Å². The number of nitrogens with one attached hydrogen (secondary N) is 1. The minimum atomic E-state index is -0.392. The molecule has 0 amide bonds. The highest BCUT2D eigenvalue weighted by Gasteiger charge is 2.29. The Hall–Kier alpha value is -2.47. The summed E-state index contributed by atoms with van der Waals surface area (Å²) in [6.07, 6.45) is 6.26. The molecule has 6 heteroatoms. The van der Waals surface area contributed by atoms with Crippen LogP contribution in [0.3, 0.4) is 0 Å². The molecule has 0 atom stereocenters. The SMILES string of the molecule is Cn1cc(CN(Cc2cc(=O)c3cc(F)ccc3[nH]2)C2CC2)cn1. The van der Waals surface area contributed by atoms with Gasteiger partial charge in [0, 0.05) is 60.6 Å². The van der Waals surface area contributed by atoms with Gasteiger partial charge in [-0.3, -0.25) is 14.4 Å². The van der Waals surface area contributed by atoms with Gasteiger partial charge in [-0.2, -0.15) is 5.10 Å². The lowest BCUT2D eigenvalue weighted by molar-refractivity contribution is 0.243. The summed E-state index contributed by atoms with van der Waals surface area (Å²) in [6, 6.07) is 6.42. The molecule has 1 fully saturated rings. The molecule has 5 nitrogen and oxygen atoms in total. The van der Waals surface area contributed by atoms with Crippen LogP contribution in [0.5, 0.6) is 0 Å². The van der Waals surface area contributed by atoms with Gasteiger partial charge in [0.25, 0.3) is 0 Å². The molecule has 24 heavy (non-hydrogen) atoms. The van der Waals surface area contributed by atoms with Crippen molar-refractivity contribution in [2.24, 2.45) is 7.05 Å². The third kappa shape index (κ3) is 3.10. The minimum Gasteiger partial charge on any atom is -0.357 e. The Balaban J connectivity index is 1.61. The number of aromatic amines is 1. The van der Waals surface area contributed by atoms with Crippen LogP contribution >= 0.6 is 0 Å². The Kier molecular flexibility index (Phi) is 3.69. The van der Waals surface area contributed by atoms with E-state index in [2.05, 4.69) is 15.0 Å². The number of halogens is 1. The van der Waals surface area contributed by atoms with Gasteiger partial charge in [0.15, 0.2) is 5.43 Å². The summed E-state index contributed by atoms with van der Waals surface area (Å²) in [5.74, 6) is -0.392. The molecule has 0 spiro atoms. The van der Waals surface area contributed by atoms with Crippen LogP contribution in [-0.4, -0.2) is 25.7 Å². The van der Waals surface area contributed by atoms with Crippen LogP contribution in [0.25, 0.3) is 10.9 Å². The summed E-state index contributed by atoms with van der Waals surface area (Å²) < 4.78 is 15.1. The topological polar surface area (TPSA) is 53.9 Å². The van der Waals surface area contributed by atoms with Gasteiger partial charge in [-0.15, -0.1) is 0 Å². The molecule has 0 aliphatic heterocycles. The Morgan fingerprint density at radius 1 is 1.33 bits per heavy atom. The van der Waals surface area contributed by atoms with Crippen LogP contribution in [0.15, 0.2) is 41.5 Å². The second-order valence-electron chi connectivity index (χ2n) is 6.51. The largest absolute Gasteiger partial charge is 0.357 e. The molecule has 2 aromatic heterocycles. The number of aryl methyl sites for hydroxylation is 1. The van der Waals surface area contributed by atoms with Crippen molar-refractivity contribution < 1.29 is 4.39 Å². The monoisotopic (exact) mass is 326 g/mol. The van der Waals surface area contributed by atoms with Crippen LogP contribution in [-0.2, 0) is 20.1 Å². The van der Waals surface area contributed by atoms with Crippen molar-refractivity contribution in [3.8, 4) is 0 Å². The zero-order chi connectivity index (χ0) is 16.7. The van der Waals surface area contributed by atoms with Crippen molar-refractivity contribution in [2.75, 3.05) is 0 Å². The van der Waals surface area contributed by atoms with Gasteiger partial charge in [-0.1, -0.05) is 0 Å². The predicted molar refractivity (Wildman–Crippen MR) is 90.0 cm³/mol. The number of aromatic nitrogens is 3. The van der Waals surface area contributed by atoms with Crippen LogP contribution < -0.4 is 5.43 Å². The molecule has 0 bridgehead atoms. The van der Waals surface area contributed by atoms with E-state index in [1.807, 2.05) is 19.4 Å². The van der Waals surface area contributed by atoms with Crippen LogP contribution in [0.2, 0.25) is 0 Å². The van der Waals surface area contributed by atoms with Crippen molar-refractivity contribution >= 4 is 10.9 Å². The number of fused-ring (bicyclic) bond motifs is 1. The van der Waals surface area contributed by atoms with Gasteiger partial charge in [0.1, 0.15) is 5.82 Å². The molecule has 0 saturated heterocycles. The van der Waals surface area contributed by atoms with Crippen LogP contribution in [0, 0.1) is 5.82 Å². The maximum absolute atomic E-state index is 13.3. The van der Waals surface area contributed by atoms with E-state index in [0.29, 0.717) is 23.5 Å². The van der Waals surface area contributed by atoms with Crippen LogP contribution in [0.1, 0.15) is 24.1 Å². The molecule has 1 aliphatic carbocycles. The second kappa shape index (κ2) is 5.87. The van der Waals surface area contributed by atoms with Gasteiger partial charge in [0.05, 0.1) is 6.20 Å². The smallest absolute Gasteiger partial charge is 0.189 e. The number of H-pyrrole nitrogens is 1. The first kappa shape index (κ1) is 15.1. The normalized spacial score (nSPS) is 14.6. The van der Waals surface area contributed by atoms with Crippen molar-refractivity contribution in [1.29, 1.82) is 0 Å². The summed E-state index contributed by atoms with van der Waals surface area (Å²) >= 11 is 0. The summed E-state index contributed by atoms with van der Waals surface area (Å²) in [5, 5.41) is 4.61. The first-order chi connectivity index (χ1) is 11.6. The first-order valence-electron chi connectivity index (χ1n) is 8.11. The number of hydrogen-bond donors (Lipinski definition) is 1. The van der Waals surface area contributed by atoms with Gasteiger partial charge in [-0.05, 0) is 31.0 Å². The number of pyridine rings is 1. The summed E-state index contributed by atoms with van der Waals surface area (Å²) in [4.78, 5) is 17.9. The molecular formula is C18H19FN4O. The fourth-order valence-electron chi connectivity index (χ4n) is 3.12. The Morgan fingerprint density at radius 2 is 2.17 bits per heavy atom. The highest BCUT2D eigenvalue weighted by Crippen LogP contribution is 2.29. The number of rotatable bonds is 5. The zero-order valence-electron chi connectivity index (χ0n) is 13.5. The van der Waals surface area contributed by atoms with E-state index in [-0.39, 0.29) is 5.43 Å². The van der Waals surface area contributed by atoms with Crippen molar-refractivity contribution in [3.63, 3.8) is 0 Å². The Morgan fingerprint density at radius 3 is 2.88 bits per heavy atom. The first-order valence-corrected chi connectivity index (χ1v) is 8.11. The molecule has 0 radical (unpaired) electrons. The number of benzene rings is 1. The van der Waals surface area contributed by atoms with E-state index in [0.717, 1.165) is 17.8 Å². The Bertz CT molecular complexity index is 942. The molecule has 1 aliphatic rings. The molecule has 1 aromatic carbocycles. The quantitative estimate of drug-likeness (QED) is 0.784. The lowest BCUT2D eigenvalue weighted by atomic mass is 10.2. The van der Waals surface area contributed by atoms with E-state index in [4.69, 9.17) is 0 Å². The van der Waals surface area contributed by atoms with E-state index in [1.165, 1.54) is 25.0 Å². The molecule has 1 N–H and O–H groups in total. The maximum atomic E-state index is 13.3. The van der Waals surface area contributed by atoms with E-state index < -0.39 is 5.82 Å². The van der Waals surface area contributed by atoms with Gasteiger partial charge in [-0.25, -0.2) is 4.39 Å². The average molecular weight is 326 g/mol. The number of hydrogen-bond acceptors (Lipinski definition) is 3. The molecule has 3 aromatic rings. The molecule has 2 heterocycles. The molecule has 124 valence electrons. The van der Waals surface area contributed by atoms with Crippen molar-refractivity contribution in [1.82, 2.24) is 19.7 Å². The highest BCUT2D eigenvalue weighted by molar-refractivity contribution is 5.78. The van der Waals surface area contributed by atoms with Gasteiger partial charge >= 0.3 is 0 Å². The maximum Gasteiger partial charge on any atom is 0.189 e. The van der Waals surface area contributed by atoms with Crippen LogP contribution in [0.4, 0.5) is 4.39 Å². The van der Waals surface area contributed by atoms with E-state index >= 15 is 0 Å². The summed E-state index contributed by atoms with van der Waals surface area (Å²) in [7, 11) is 1.91. The summed E-state index contributed by atoms with van der Waals surface area (Å²) in [5.41, 5.74) is 2.55. The lowest BCUT2D eigenvalue weighted by Crippen LogP contribution is -2.26. The molecular weight excluding hydrogens is 307 g/mol. The highest BCUT2D eigenvalue weighted by atomic mass is 19.1. The molecule has 0 unspecified atom stereocenters. The number of nitrogens with zero attached hydrogens (tertiary/aromatic N) is 3. The standard InChI is InChI=1S/C18H19FN4O/c1-22-9-12(8-20-22)10-23(15-3-4-15)11-14-7-18(24)16-6-13(19)2-5-17(16)21-14/h2,5-9,15H,3-4,10-11H2,1H3,(H,21,24). The molecule has 4 rings (SSSR count). The van der Waals surface area contributed by atoms with Gasteiger partial charge < -0.3 is 4.98 Å². The fourth-order valence-corrected chi connectivity index (χ4v) is 3.12. The molecule has 1 saturated carbocycles. The third-order valence-corrected chi connectivity index (χ3v) is 4.43.